The van der Waals surface area contributed by atoms with Crippen molar-refractivity contribution < 1.29 is 0 Å². The van der Waals surface area contributed by atoms with Gasteiger partial charge in [0.25, 0.3) is 0 Å². The van der Waals surface area contributed by atoms with Crippen LogP contribution in [0.15, 0.2) is 12.1 Å². The first-order valence-corrected chi connectivity index (χ1v) is 6.94. The third-order valence-corrected chi connectivity index (χ3v) is 4.37. The van der Waals surface area contributed by atoms with Crippen LogP contribution < -0.4 is 5.32 Å². The van der Waals surface area contributed by atoms with Gasteiger partial charge >= 0.3 is 0 Å². The number of nitrogens with one attached hydrogen (secondary N) is 1. The van der Waals surface area contributed by atoms with E-state index < -0.39 is 0 Å². The lowest BCUT2D eigenvalue weighted by molar-refractivity contribution is 0.538. The molecule has 1 aliphatic carbocycles. The highest BCUT2D eigenvalue weighted by Gasteiger charge is 2.20. The van der Waals surface area contributed by atoms with Crippen LogP contribution in [0.25, 0.3) is 0 Å². The summed E-state index contributed by atoms with van der Waals surface area (Å²) >= 11 is 7.58. The molecule has 3 heteroatoms. The number of hydrogen-bond donors (Lipinski definition) is 1. The predicted molar refractivity (Wildman–Crippen MR) is 67.7 cm³/mol. The van der Waals surface area contributed by atoms with Crippen LogP contribution in [-0.4, -0.2) is 6.54 Å². The zero-order valence-corrected chi connectivity index (χ0v) is 10.7. The molecule has 84 valence electrons. The minimum Gasteiger partial charge on any atom is -0.309 e. The molecule has 0 amide bonds. The first-order chi connectivity index (χ1) is 7.25. The Kier molecular flexibility index (Phi) is 4.06. The Labute approximate surface area is 101 Å². The molecule has 1 aliphatic rings. The lowest BCUT2D eigenvalue weighted by atomic mass is 10.2. The summed E-state index contributed by atoms with van der Waals surface area (Å²) in [6.45, 7) is 3.34. The van der Waals surface area contributed by atoms with E-state index in [1.807, 2.05) is 6.07 Å². The van der Waals surface area contributed by atoms with Crippen molar-refractivity contribution in [3.05, 3.63) is 21.3 Å². The third-order valence-electron chi connectivity index (χ3n) is 2.96. The van der Waals surface area contributed by atoms with Crippen LogP contribution in [-0.2, 0) is 0 Å². The third kappa shape index (κ3) is 3.78. The predicted octanol–water partition coefficient (Wildman–Crippen LogP) is 4.24. The van der Waals surface area contributed by atoms with Crippen molar-refractivity contribution in [1.82, 2.24) is 5.32 Å². The van der Waals surface area contributed by atoms with Crippen molar-refractivity contribution >= 4 is 22.9 Å². The molecular formula is C12H18ClNS. The van der Waals surface area contributed by atoms with Gasteiger partial charge in [-0.1, -0.05) is 24.4 Å². The molecule has 0 bridgehead atoms. The monoisotopic (exact) mass is 243 g/mol. The molecule has 1 fully saturated rings. The van der Waals surface area contributed by atoms with Crippen molar-refractivity contribution in [3.8, 4) is 0 Å². The molecule has 1 atom stereocenters. The van der Waals surface area contributed by atoms with Gasteiger partial charge < -0.3 is 5.32 Å². The zero-order chi connectivity index (χ0) is 10.7. The normalized spacial score (nSPS) is 18.0. The van der Waals surface area contributed by atoms with Gasteiger partial charge in [0.2, 0.25) is 0 Å². The Morgan fingerprint density at radius 2 is 2.33 bits per heavy atom. The van der Waals surface area contributed by atoms with Crippen LogP contribution in [0.2, 0.25) is 4.34 Å². The van der Waals surface area contributed by atoms with E-state index in [2.05, 4.69) is 18.3 Å². The summed E-state index contributed by atoms with van der Waals surface area (Å²) in [5.41, 5.74) is 0. The molecule has 0 radical (unpaired) electrons. The maximum absolute atomic E-state index is 5.91. The van der Waals surface area contributed by atoms with Gasteiger partial charge in [0.15, 0.2) is 0 Å². The van der Waals surface area contributed by atoms with E-state index in [4.69, 9.17) is 11.6 Å². The highest BCUT2D eigenvalue weighted by atomic mass is 35.5. The van der Waals surface area contributed by atoms with E-state index in [0.29, 0.717) is 6.04 Å². The quantitative estimate of drug-likeness (QED) is 0.737. The Hall–Kier alpha value is -0.0500. The van der Waals surface area contributed by atoms with Crippen molar-refractivity contribution in [3.63, 3.8) is 0 Å². The molecule has 0 aromatic carbocycles. The Balaban J connectivity index is 1.64. The van der Waals surface area contributed by atoms with Crippen molar-refractivity contribution in [2.24, 2.45) is 5.92 Å². The second kappa shape index (κ2) is 5.33. The fraction of sp³-hybridized carbons (Fsp3) is 0.667. The number of hydrogen-bond acceptors (Lipinski definition) is 2. The molecule has 0 saturated heterocycles. The Bertz CT molecular complexity index is 306. The summed E-state index contributed by atoms with van der Waals surface area (Å²) in [4.78, 5) is 1.34. The summed E-state index contributed by atoms with van der Waals surface area (Å²) in [6, 6.07) is 4.54. The lowest BCUT2D eigenvalue weighted by Gasteiger charge is -2.11. The average Bonchev–Trinajstić information content (AvgIpc) is 2.94. The molecule has 15 heavy (non-hydrogen) atoms. The minimum absolute atomic E-state index is 0.446. The van der Waals surface area contributed by atoms with Crippen molar-refractivity contribution in [1.29, 1.82) is 0 Å². The van der Waals surface area contributed by atoms with Gasteiger partial charge in [-0.15, -0.1) is 11.3 Å². The maximum Gasteiger partial charge on any atom is 0.0931 e. The summed E-state index contributed by atoms with van der Waals surface area (Å²) < 4.78 is 0.886. The fourth-order valence-corrected chi connectivity index (χ4v) is 2.87. The molecule has 1 aromatic heterocycles. The van der Waals surface area contributed by atoms with Gasteiger partial charge in [-0.05, 0) is 44.4 Å². The summed E-state index contributed by atoms with van der Waals surface area (Å²) in [6.07, 6.45) is 5.66. The van der Waals surface area contributed by atoms with E-state index in [1.165, 1.54) is 30.6 Å². The topological polar surface area (TPSA) is 12.0 Å². The second-order valence-corrected chi connectivity index (χ2v) is 6.15. The molecule has 1 heterocycles. The van der Waals surface area contributed by atoms with E-state index in [-0.39, 0.29) is 0 Å². The number of rotatable bonds is 6. The van der Waals surface area contributed by atoms with Crippen molar-refractivity contribution in [2.45, 2.75) is 38.6 Å². The first-order valence-electron chi connectivity index (χ1n) is 5.74. The summed E-state index contributed by atoms with van der Waals surface area (Å²) in [5, 5.41) is 3.55. The molecule has 1 saturated carbocycles. The van der Waals surface area contributed by atoms with Crippen LogP contribution in [0.5, 0.6) is 0 Å². The molecule has 0 spiro atoms. The van der Waals surface area contributed by atoms with Crippen LogP contribution in [0.4, 0.5) is 0 Å². The second-order valence-electron chi connectivity index (χ2n) is 4.40. The summed E-state index contributed by atoms with van der Waals surface area (Å²) in [7, 11) is 0. The minimum atomic E-state index is 0.446. The lowest BCUT2D eigenvalue weighted by Crippen LogP contribution is -2.18. The van der Waals surface area contributed by atoms with E-state index in [0.717, 1.165) is 16.8 Å². The van der Waals surface area contributed by atoms with Gasteiger partial charge in [0, 0.05) is 10.9 Å². The number of thiophene rings is 1. The van der Waals surface area contributed by atoms with Crippen LogP contribution in [0.1, 0.15) is 43.5 Å². The van der Waals surface area contributed by atoms with Crippen LogP contribution in [0.3, 0.4) is 0 Å². The highest BCUT2D eigenvalue weighted by molar-refractivity contribution is 7.16. The first kappa shape index (κ1) is 11.4. The molecular weight excluding hydrogens is 226 g/mol. The van der Waals surface area contributed by atoms with Crippen LogP contribution >= 0.6 is 22.9 Å². The summed E-state index contributed by atoms with van der Waals surface area (Å²) in [5.74, 6) is 1.05. The number of halogens is 1. The van der Waals surface area contributed by atoms with E-state index >= 15 is 0 Å². The standard InChI is InChI=1S/C12H18ClNS/c1-9(11-6-7-12(13)15-11)14-8-2-3-10-4-5-10/h6-7,9-10,14H,2-5,8H2,1H3. The largest absolute Gasteiger partial charge is 0.309 e. The van der Waals surface area contributed by atoms with E-state index in [1.54, 1.807) is 11.3 Å². The van der Waals surface area contributed by atoms with Gasteiger partial charge in [-0.3, -0.25) is 0 Å². The molecule has 2 rings (SSSR count). The van der Waals surface area contributed by atoms with Gasteiger partial charge in [-0.25, -0.2) is 0 Å². The molecule has 1 unspecified atom stereocenters. The van der Waals surface area contributed by atoms with Crippen molar-refractivity contribution in [2.75, 3.05) is 6.54 Å². The molecule has 1 N–H and O–H groups in total. The Morgan fingerprint density at radius 1 is 1.53 bits per heavy atom. The van der Waals surface area contributed by atoms with Gasteiger partial charge in [0.1, 0.15) is 0 Å². The molecule has 1 aromatic rings. The smallest absolute Gasteiger partial charge is 0.0931 e. The zero-order valence-electron chi connectivity index (χ0n) is 9.13. The van der Waals surface area contributed by atoms with Gasteiger partial charge in [0.05, 0.1) is 4.34 Å². The Morgan fingerprint density at radius 3 is 2.93 bits per heavy atom. The molecule has 0 aliphatic heterocycles. The fourth-order valence-electron chi connectivity index (χ4n) is 1.78. The van der Waals surface area contributed by atoms with E-state index in [9.17, 15) is 0 Å². The average molecular weight is 244 g/mol. The van der Waals surface area contributed by atoms with Crippen LogP contribution in [0, 0.1) is 5.92 Å². The van der Waals surface area contributed by atoms with Gasteiger partial charge in [-0.2, -0.15) is 0 Å². The SMILES string of the molecule is CC(NCCCC1CC1)c1ccc(Cl)s1. The maximum atomic E-state index is 5.91. The molecule has 1 nitrogen and oxygen atoms in total. The highest BCUT2D eigenvalue weighted by Crippen LogP contribution is 2.33.